The molecule has 104 valence electrons. The van der Waals surface area contributed by atoms with E-state index < -0.39 is 30.0 Å². The standard InChI is InChI=1S/C15H15NO4/c1-8-4-2-3-5-9(8)16-14(17)12-10-6-7-11(20-10)13(12)15(18)19/h2-7,10-13H,1H3,(H,16,17)(H,18,19)/t10-,11-,12+,13-/m0/s1. The molecule has 3 rings (SSSR count). The number of carboxylic acid groups (broad SMARTS) is 1. The van der Waals surface area contributed by atoms with Crippen LogP contribution in [0.1, 0.15) is 5.56 Å². The van der Waals surface area contributed by atoms with Crippen LogP contribution in [0.5, 0.6) is 0 Å². The van der Waals surface area contributed by atoms with E-state index in [4.69, 9.17) is 4.74 Å². The molecule has 2 aliphatic rings. The molecule has 2 aliphatic heterocycles. The molecule has 1 fully saturated rings. The quantitative estimate of drug-likeness (QED) is 0.820. The number of aryl methyl sites for hydroxylation is 1. The molecular formula is C15H15NO4. The second-order valence-corrected chi connectivity index (χ2v) is 5.14. The van der Waals surface area contributed by atoms with E-state index in [9.17, 15) is 14.7 Å². The van der Waals surface area contributed by atoms with Gasteiger partial charge in [-0.25, -0.2) is 0 Å². The lowest BCUT2D eigenvalue weighted by molar-refractivity contribution is -0.145. The molecule has 0 aromatic heterocycles. The third-order valence-electron chi connectivity index (χ3n) is 3.89. The summed E-state index contributed by atoms with van der Waals surface area (Å²) in [5.74, 6) is -2.79. The molecule has 1 amide bonds. The number of amides is 1. The van der Waals surface area contributed by atoms with E-state index >= 15 is 0 Å². The molecule has 1 aromatic rings. The molecule has 5 heteroatoms. The van der Waals surface area contributed by atoms with Gasteiger partial charge in [0, 0.05) is 5.69 Å². The van der Waals surface area contributed by atoms with E-state index in [1.54, 1.807) is 18.2 Å². The predicted molar refractivity (Wildman–Crippen MR) is 72.2 cm³/mol. The van der Waals surface area contributed by atoms with E-state index in [-0.39, 0.29) is 5.91 Å². The Morgan fingerprint density at radius 3 is 2.45 bits per heavy atom. The Balaban J connectivity index is 1.82. The van der Waals surface area contributed by atoms with Gasteiger partial charge in [0.2, 0.25) is 5.91 Å². The van der Waals surface area contributed by atoms with Gasteiger partial charge in [0.15, 0.2) is 0 Å². The summed E-state index contributed by atoms with van der Waals surface area (Å²) in [6.45, 7) is 1.89. The Hall–Kier alpha value is -2.14. The predicted octanol–water partition coefficient (Wildman–Crippen LogP) is 1.59. The number of carbonyl (C=O) groups excluding carboxylic acids is 1. The maximum absolute atomic E-state index is 12.4. The normalized spacial score (nSPS) is 30.4. The van der Waals surface area contributed by atoms with Gasteiger partial charge in [0.05, 0.1) is 18.1 Å². The molecule has 4 atom stereocenters. The van der Waals surface area contributed by atoms with Gasteiger partial charge in [0.1, 0.15) is 5.92 Å². The zero-order valence-electron chi connectivity index (χ0n) is 10.9. The van der Waals surface area contributed by atoms with E-state index in [0.717, 1.165) is 5.56 Å². The highest BCUT2D eigenvalue weighted by atomic mass is 16.5. The lowest BCUT2D eigenvalue weighted by atomic mass is 9.82. The van der Waals surface area contributed by atoms with Gasteiger partial charge in [-0.1, -0.05) is 30.4 Å². The van der Waals surface area contributed by atoms with Gasteiger partial charge in [-0.15, -0.1) is 0 Å². The average Bonchev–Trinajstić information content (AvgIpc) is 3.01. The molecule has 2 bridgehead atoms. The molecule has 0 saturated carbocycles. The zero-order chi connectivity index (χ0) is 14.3. The van der Waals surface area contributed by atoms with Gasteiger partial charge in [-0.05, 0) is 18.6 Å². The first-order valence-electron chi connectivity index (χ1n) is 6.51. The highest BCUT2D eigenvalue weighted by Gasteiger charge is 2.53. The number of para-hydroxylation sites is 1. The monoisotopic (exact) mass is 273 g/mol. The van der Waals surface area contributed by atoms with Crippen LogP contribution in [-0.2, 0) is 14.3 Å². The number of carbonyl (C=O) groups is 2. The Kier molecular flexibility index (Phi) is 3.06. The fourth-order valence-electron chi connectivity index (χ4n) is 2.84. The molecular weight excluding hydrogens is 258 g/mol. The summed E-state index contributed by atoms with van der Waals surface area (Å²) < 4.78 is 5.50. The van der Waals surface area contributed by atoms with Crippen LogP contribution in [0, 0.1) is 18.8 Å². The summed E-state index contributed by atoms with van der Waals surface area (Å²) in [5, 5.41) is 12.1. The van der Waals surface area contributed by atoms with E-state index in [1.807, 2.05) is 25.1 Å². The Bertz CT molecular complexity index is 595. The summed E-state index contributed by atoms with van der Waals surface area (Å²) >= 11 is 0. The largest absolute Gasteiger partial charge is 0.481 e. The number of ether oxygens (including phenoxy) is 1. The molecule has 1 saturated heterocycles. The molecule has 0 radical (unpaired) electrons. The fraction of sp³-hybridized carbons (Fsp3) is 0.333. The van der Waals surface area contributed by atoms with Crippen LogP contribution >= 0.6 is 0 Å². The number of hydrogen-bond donors (Lipinski definition) is 2. The van der Waals surface area contributed by atoms with Crippen molar-refractivity contribution in [2.75, 3.05) is 5.32 Å². The molecule has 0 aliphatic carbocycles. The first-order valence-corrected chi connectivity index (χ1v) is 6.51. The number of fused-ring (bicyclic) bond motifs is 2. The summed E-state index contributed by atoms with van der Waals surface area (Å²) in [7, 11) is 0. The summed E-state index contributed by atoms with van der Waals surface area (Å²) in [6, 6.07) is 7.40. The first-order chi connectivity index (χ1) is 9.58. The fourth-order valence-corrected chi connectivity index (χ4v) is 2.84. The second-order valence-electron chi connectivity index (χ2n) is 5.14. The summed E-state index contributed by atoms with van der Waals surface area (Å²) in [4.78, 5) is 23.7. The Morgan fingerprint density at radius 1 is 1.15 bits per heavy atom. The van der Waals surface area contributed by atoms with Gasteiger partial charge in [0.25, 0.3) is 0 Å². The van der Waals surface area contributed by atoms with Gasteiger partial charge >= 0.3 is 5.97 Å². The van der Waals surface area contributed by atoms with Crippen molar-refractivity contribution in [3.63, 3.8) is 0 Å². The molecule has 2 heterocycles. The smallest absolute Gasteiger partial charge is 0.310 e. The van der Waals surface area contributed by atoms with Gasteiger partial charge in [-0.2, -0.15) is 0 Å². The van der Waals surface area contributed by atoms with Crippen molar-refractivity contribution in [2.45, 2.75) is 19.1 Å². The number of aliphatic carboxylic acids is 1. The number of anilines is 1. The van der Waals surface area contributed by atoms with Crippen LogP contribution < -0.4 is 5.32 Å². The number of benzene rings is 1. The number of hydrogen-bond acceptors (Lipinski definition) is 3. The third kappa shape index (κ3) is 2.00. The third-order valence-corrected chi connectivity index (χ3v) is 3.89. The SMILES string of the molecule is Cc1ccccc1NC(=O)[C@H]1[C@@H](C(=O)O)[C@@H]2C=C[C@@H]1O2. The molecule has 5 nitrogen and oxygen atoms in total. The Morgan fingerprint density at radius 2 is 1.80 bits per heavy atom. The van der Waals surface area contributed by atoms with E-state index in [0.29, 0.717) is 5.69 Å². The maximum atomic E-state index is 12.4. The van der Waals surface area contributed by atoms with Crippen LogP contribution in [0.4, 0.5) is 5.69 Å². The van der Waals surface area contributed by atoms with Crippen molar-refractivity contribution in [3.8, 4) is 0 Å². The Labute approximate surface area is 116 Å². The van der Waals surface area contributed by atoms with Crippen LogP contribution in [0.25, 0.3) is 0 Å². The highest BCUT2D eigenvalue weighted by Crippen LogP contribution is 2.39. The van der Waals surface area contributed by atoms with Crippen LogP contribution in [0.15, 0.2) is 36.4 Å². The second kappa shape index (κ2) is 4.76. The lowest BCUT2D eigenvalue weighted by Gasteiger charge is -2.21. The summed E-state index contributed by atoms with van der Waals surface area (Å²) in [6.07, 6.45) is 2.56. The minimum atomic E-state index is -0.994. The van der Waals surface area contributed by atoms with Crippen molar-refractivity contribution in [3.05, 3.63) is 42.0 Å². The number of rotatable bonds is 3. The van der Waals surface area contributed by atoms with E-state index in [1.165, 1.54) is 0 Å². The average molecular weight is 273 g/mol. The van der Waals surface area contributed by atoms with Gasteiger partial charge in [-0.3, -0.25) is 9.59 Å². The van der Waals surface area contributed by atoms with Crippen LogP contribution in [0.2, 0.25) is 0 Å². The zero-order valence-corrected chi connectivity index (χ0v) is 10.9. The van der Waals surface area contributed by atoms with Crippen molar-refractivity contribution in [2.24, 2.45) is 11.8 Å². The molecule has 20 heavy (non-hydrogen) atoms. The summed E-state index contributed by atoms with van der Waals surface area (Å²) in [5.41, 5.74) is 1.64. The van der Waals surface area contributed by atoms with Gasteiger partial charge < -0.3 is 15.2 Å². The van der Waals surface area contributed by atoms with Crippen LogP contribution in [0.3, 0.4) is 0 Å². The lowest BCUT2D eigenvalue weighted by Crippen LogP contribution is -2.39. The van der Waals surface area contributed by atoms with Crippen LogP contribution in [-0.4, -0.2) is 29.2 Å². The molecule has 1 aromatic carbocycles. The maximum Gasteiger partial charge on any atom is 0.310 e. The molecule has 0 unspecified atom stereocenters. The minimum absolute atomic E-state index is 0.302. The molecule has 2 N–H and O–H groups in total. The number of nitrogens with one attached hydrogen (secondary N) is 1. The first kappa shape index (κ1) is 12.9. The van der Waals surface area contributed by atoms with E-state index in [2.05, 4.69) is 5.32 Å². The number of carboxylic acids is 1. The highest BCUT2D eigenvalue weighted by molar-refractivity contribution is 5.97. The van der Waals surface area contributed by atoms with Crippen molar-refractivity contribution < 1.29 is 19.4 Å². The minimum Gasteiger partial charge on any atom is -0.481 e. The topological polar surface area (TPSA) is 75.6 Å². The van der Waals surface area contributed by atoms with Crippen molar-refractivity contribution >= 4 is 17.6 Å². The van der Waals surface area contributed by atoms with Crippen molar-refractivity contribution in [1.29, 1.82) is 0 Å². The molecule has 0 spiro atoms. The van der Waals surface area contributed by atoms with Crippen molar-refractivity contribution in [1.82, 2.24) is 0 Å².